The number of amides is 1. The van der Waals surface area contributed by atoms with E-state index in [9.17, 15) is 9.00 Å². The zero-order valence-electron chi connectivity index (χ0n) is 6.47. The highest BCUT2D eigenvalue weighted by Gasteiger charge is 2.06. The Hall–Kier alpha value is -0.380. The fourth-order valence-electron chi connectivity index (χ4n) is 1.05. The zero-order valence-corrected chi connectivity index (χ0v) is 7.28. The van der Waals surface area contributed by atoms with Gasteiger partial charge in [-0.25, -0.2) is 0 Å². The van der Waals surface area contributed by atoms with Gasteiger partial charge in [0.25, 0.3) is 0 Å². The van der Waals surface area contributed by atoms with Gasteiger partial charge < -0.3 is 5.32 Å². The maximum absolute atomic E-state index is 11.1. The molecule has 1 N–H and O–H groups in total. The molecule has 1 aliphatic rings. The average molecular weight is 175 g/mol. The van der Waals surface area contributed by atoms with Crippen LogP contribution in [0.3, 0.4) is 0 Å². The van der Waals surface area contributed by atoms with Gasteiger partial charge in [0.2, 0.25) is 5.91 Å². The summed E-state index contributed by atoms with van der Waals surface area (Å²) in [6.07, 6.45) is 2.14. The predicted molar refractivity (Wildman–Crippen MR) is 44.7 cm³/mol. The Labute approximate surface area is 69.0 Å². The molecule has 0 spiro atoms. The summed E-state index contributed by atoms with van der Waals surface area (Å²) in [5, 5.41) is 2.77. The van der Waals surface area contributed by atoms with Gasteiger partial charge >= 0.3 is 0 Å². The quantitative estimate of drug-likeness (QED) is 0.565. The van der Waals surface area contributed by atoms with Crippen LogP contribution in [-0.4, -0.2) is 28.2 Å². The van der Waals surface area contributed by atoms with Crippen LogP contribution in [-0.2, 0) is 15.6 Å². The highest BCUT2D eigenvalue weighted by Crippen LogP contribution is 1.97. The largest absolute Gasteiger partial charge is 0.356 e. The summed E-state index contributed by atoms with van der Waals surface area (Å²) in [5.74, 6) is 1.53. The second-order valence-corrected chi connectivity index (χ2v) is 4.35. The normalized spacial score (nSPS) is 28.0. The van der Waals surface area contributed by atoms with Gasteiger partial charge in [0.05, 0.1) is 0 Å². The van der Waals surface area contributed by atoms with Crippen LogP contribution < -0.4 is 5.32 Å². The van der Waals surface area contributed by atoms with E-state index in [1.165, 1.54) is 0 Å². The Kier molecular flexibility index (Phi) is 3.56. The summed E-state index contributed by atoms with van der Waals surface area (Å²) in [6.45, 7) is 0.685. The van der Waals surface area contributed by atoms with Crippen molar-refractivity contribution < 1.29 is 9.00 Å². The average Bonchev–Trinajstić information content (AvgIpc) is 2.04. The van der Waals surface area contributed by atoms with Crippen LogP contribution in [0.1, 0.15) is 19.3 Å². The van der Waals surface area contributed by atoms with Crippen molar-refractivity contribution in [3.8, 4) is 0 Å². The molecule has 1 fully saturated rings. The lowest BCUT2D eigenvalue weighted by Crippen LogP contribution is -2.23. The van der Waals surface area contributed by atoms with Crippen molar-refractivity contribution in [2.24, 2.45) is 0 Å². The molecular weight excluding hydrogens is 162 g/mol. The minimum Gasteiger partial charge on any atom is -0.356 e. The number of nitrogens with one attached hydrogen (secondary N) is 1. The van der Waals surface area contributed by atoms with E-state index in [1.54, 1.807) is 0 Å². The molecule has 0 aromatic carbocycles. The maximum atomic E-state index is 11.1. The molecule has 0 radical (unpaired) electrons. The molecule has 1 saturated heterocycles. The minimum atomic E-state index is -0.687. The Bertz CT molecular complexity index is 152. The SMILES string of the molecule is O=C1CCCS(=O)CCCN1. The van der Waals surface area contributed by atoms with Crippen molar-refractivity contribution >= 4 is 16.7 Å². The molecule has 1 rings (SSSR count). The van der Waals surface area contributed by atoms with Crippen LogP contribution in [0.2, 0.25) is 0 Å². The molecule has 4 heteroatoms. The van der Waals surface area contributed by atoms with Gasteiger partial charge in [-0.2, -0.15) is 0 Å². The Balaban J connectivity index is 2.35. The molecule has 1 amide bonds. The lowest BCUT2D eigenvalue weighted by Gasteiger charge is -1.98. The summed E-state index contributed by atoms with van der Waals surface area (Å²) in [4.78, 5) is 10.9. The highest BCUT2D eigenvalue weighted by molar-refractivity contribution is 7.84. The molecule has 0 saturated carbocycles. The fraction of sp³-hybridized carbons (Fsp3) is 0.857. The first-order chi connectivity index (χ1) is 5.29. The molecule has 1 atom stereocenters. The lowest BCUT2D eigenvalue weighted by atomic mass is 10.3. The number of hydrogen-bond acceptors (Lipinski definition) is 2. The van der Waals surface area contributed by atoms with Gasteiger partial charge in [-0.1, -0.05) is 0 Å². The lowest BCUT2D eigenvalue weighted by molar-refractivity contribution is -0.121. The molecule has 1 unspecified atom stereocenters. The molecule has 0 aromatic heterocycles. The van der Waals surface area contributed by atoms with E-state index in [0.717, 1.165) is 18.6 Å². The highest BCUT2D eigenvalue weighted by atomic mass is 32.2. The summed E-state index contributed by atoms with van der Waals surface area (Å²) in [7, 11) is -0.687. The van der Waals surface area contributed by atoms with Crippen LogP contribution in [0.25, 0.3) is 0 Å². The van der Waals surface area contributed by atoms with Gasteiger partial charge in [0.15, 0.2) is 0 Å². The van der Waals surface area contributed by atoms with Crippen LogP contribution in [0.5, 0.6) is 0 Å². The minimum absolute atomic E-state index is 0.101. The molecule has 0 aliphatic carbocycles. The summed E-state index contributed by atoms with van der Waals surface area (Å²) >= 11 is 0. The van der Waals surface area contributed by atoms with Crippen LogP contribution in [0, 0.1) is 0 Å². The molecule has 11 heavy (non-hydrogen) atoms. The van der Waals surface area contributed by atoms with Gasteiger partial charge in [-0.15, -0.1) is 0 Å². The number of hydrogen-bond donors (Lipinski definition) is 1. The second kappa shape index (κ2) is 4.49. The van der Waals surface area contributed by atoms with E-state index >= 15 is 0 Å². The molecule has 3 nitrogen and oxygen atoms in total. The van der Waals surface area contributed by atoms with Crippen molar-refractivity contribution in [3.05, 3.63) is 0 Å². The Morgan fingerprint density at radius 3 is 2.82 bits per heavy atom. The van der Waals surface area contributed by atoms with Crippen molar-refractivity contribution in [3.63, 3.8) is 0 Å². The zero-order chi connectivity index (χ0) is 8.10. The monoisotopic (exact) mass is 175 g/mol. The standard InChI is InChI=1S/C7H13NO2S/c9-7-3-1-5-11(10)6-2-4-8-7/h1-6H2,(H,8,9). The first kappa shape index (κ1) is 8.71. The van der Waals surface area contributed by atoms with E-state index in [4.69, 9.17) is 0 Å². The number of carbonyl (C=O) groups excluding carboxylic acids is 1. The number of rotatable bonds is 0. The van der Waals surface area contributed by atoms with E-state index in [0.29, 0.717) is 18.7 Å². The maximum Gasteiger partial charge on any atom is 0.220 e. The van der Waals surface area contributed by atoms with Crippen molar-refractivity contribution in [2.75, 3.05) is 18.1 Å². The van der Waals surface area contributed by atoms with E-state index < -0.39 is 10.8 Å². The second-order valence-electron chi connectivity index (χ2n) is 2.66. The van der Waals surface area contributed by atoms with E-state index in [-0.39, 0.29) is 5.91 Å². The summed E-state index contributed by atoms with van der Waals surface area (Å²) in [6, 6.07) is 0. The molecule has 1 aliphatic heterocycles. The molecule has 64 valence electrons. The van der Waals surface area contributed by atoms with E-state index in [1.807, 2.05) is 0 Å². The topological polar surface area (TPSA) is 46.2 Å². The Morgan fingerprint density at radius 2 is 2.00 bits per heavy atom. The molecule has 0 aromatic rings. The summed E-state index contributed by atoms with van der Waals surface area (Å²) < 4.78 is 11.1. The molecule has 0 bridgehead atoms. The summed E-state index contributed by atoms with van der Waals surface area (Å²) in [5.41, 5.74) is 0. The predicted octanol–water partition coefficient (Wildman–Crippen LogP) is 0.0352. The third kappa shape index (κ3) is 3.51. The van der Waals surface area contributed by atoms with Gasteiger partial charge in [0.1, 0.15) is 0 Å². The van der Waals surface area contributed by atoms with Crippen LogP contribution in [0.15, 0.2) is 0 Å². The molecular formula is C7H13NO2S. The van der Waals surface area contributed by atoms with Gasteiger partial charge in [-0.05, 0) is 12.8 Å². The van der Waals surface area contributed by atoms with Gasteiger partial charge in [-0.3, -0.25) is 9.00 Å². The first-order valence-electron chi connectivity index (χ1n) is 3.91. The van der Waals surface area contributed by atoms with Crippen LogP contribution in [0.4, 0.5) is 0 Å². The van der Waals surface area contributed by atoms with Gasteiger partial charge in [0, 0.05) is 35.3 Å². The van der Waals surface area contributed by atoms with E-state index in [2.05, 4.69) is 5.32 Å². The van der Waals surface area contributed by atoms with Crippen molar-refractivity contribution in [1.82, 2.24) is 5.32 Å². The molecule has 1 heterocycles. The van der Waals surface area contributed by atoms with Crippen molar-refractivity contribution in [2.45, 2.75) is 19.3 Å². The first-order valence-corrected chi connectivity index (χ1v) is 5.39. The third-order valence-electron chi connectivity index (χ3n) is 1.65. The van der Waals surface area contributed by atoms with Crippen molar-refractivity contribution in [1.29, 1.82) is 0 Å². The smallest absolute Gasteiger partial charge is 0.220 e. The fourth-order valence-corrected chi connectivity index (χ4v) is 2.18. The third-order valence-corrected chi connectivity index (χ3v) is 3.13. The van der Waals surface area contributed by atoms with Crippen LogP contribution >= 0.6 is 0 Å². The number of carbonyl (C=O) groups is 1. The Morgan fingerprint density at radius 1 is 1.27 bits per heavy atom.